The van der Waals surface area contributed by atoms with Gasteiger partial charge in [-0.2, -0.15) is 4.98 Å². The van der Waals surface area contributed by atoms with Crippen LogP contribution in [0.15, 0.2) is 48.8 Å². The van der Waals surface area contributed by atoms with Crippen molar-refractivity contribution in [3.8, 4) is 6.01 Å². The fourth-order valence-electron chi connectivity index (χ4n) is 2.27. The number of anilines is 3. The third kappa shape index (κ3) is 4.10. The lowest BCUT2D eigenvalue weighted by molar-refractivity contribution is 0.380. The molecule has 26 heavy (non-hydrogen) atoms. The van der Waals surface area contributed by atoms with Crippen molar-refractivity contribution >= 4 is 23.5 Å². The largest absolute Gasteiger partial charge is 0.467 e. The highest BCUT2D eigenvalue weighted by Gasteiger charge is 2.07. The molecule has 0 bridgehead atoms. The van der Waals surface area contributed by atoms with Crippen molar-refractivity contribution in [2.75, 3.05) is 17.7 Å². The van der Waals surface area contributed by atoms with Crippen LogP contribution in [0.25, 0.3) is 0 Å². The molecule has 0 atom stereocenters. The van der Waals surface area contributed by atoms with E-state index in [4.69, 9.17) is 10.1 Å². The van der Waals surface area contributed by atoms with E-state index in [0.717, 1.165) is 0 Å². The number of hydrogen-bond acceptors (Lipinski definition) is 7. The Kier molecular flexibility index (Phi) is 5.33. The molecule has 3 N–H and O–H groups in total. The van der Waals surface area contributed by atoms with Crippen molar-refractivity contribution in [1.29, 1.82) is 5.41 Å². The highest BCUT2D eigenvalue weighted by Crippen LogP contribution is 2.21. The maximum absolute atomic E-state index is 13.8. The molecule has 0 unspecified atom stereocenters. The summed E-state index contributed by atoms with van der Waals surface area (Å²) in [6.45, 7) is 0.290. The lowest BCUT2D eigenvalue weighted by atomic mass is 10.2. The molecular formula is C18H17FN6O. The second-order valence-electron chi connectivity index (χ2n) is 5.30. The maximum Gasteiger partial charge on any atom is 0.318 e. The Labute approximate surface area is 149 Å². The second-order valence-corrected chi connectivity index (χ2v) is 5.30. The van der Waals surface area contributed by atoms with Gasteiger partial charge in [-0.25, -0.2) is 14.4 Å². The lowest BCUT2D eigenvalue weighted by Crippen LogP contribution is -2.06. The van der Waals surface area contributed by atoms with E-state index >= 15 is 0 Å². The van der Waals surface area contributed by atoms with Crippen molar-refractivity contribution in [2.24, 2.45) is 0 Å². The van der Waals surface area contributed by atoms with Crippen LogP contribution in [0.2, 0.25) is 0 Å². The molecule has 2 aromatic heterocycles. The SMILES string of the molecule is COc1nccc(Nc2cc(NCc3ccccc3F)c(C=N)cn2)n1. The minimum atomic E-state index is -0.281. The van der Waals surface area contributed by atoms with E-state index in [1.807, 2.05) is 0 Å². The van der Waals surface area contributed by atoms with Gasteiger partial charge in [0.25, 0.3) is 0 Å². The van der Waals surface area contributed by atoms with Crippen LogP contribution in [0.3, 0.4) is 0 Å². The van der Waals surface area contributed by atoms with E-state index in [1.54, 1.807) is 42.7 Å². The Morgan fingerprint density at radius 3 is 2.81 bits per heavy atom. The number of halogens is 1. The smallest absolute Gasteiger partial charge is 0.318 e. The summed E-state index contributed by atoms with van der Waals surface area (Å²) >= 11 is 0. The maximum atomic E-state index is 13.8. The van der Waals surface area contributed by atoms with Gasteiger partial charge in [0.2, 0.25) is 0 Å². The summed E-state index contributed by atoms with van der Waals surface area (Å²) in [5.74, 6) is 0.760. The Morgan fingerprint density at radius 2 is 2.04 bits per heavy atom. The van der Waals surface area contributed by atoms with Gasteiger partial charge in [-0.05, 0) is 12.1 Å². The van der Waals surface area contributed by atoms with E-state index in [2.05, 4.69) is 25.6 Å². The van der Waals surface area contributed by atoms with Gasteiger partial charge in [0.05, 0.1) is 7.11 Å². The molecule has 0 aliphatic heterocycles. The van der Waals surface area contributed by atoms with Crippen LogP contribution in [0.1, 0.15) is 11.1 Å². The number of hydrogen-bond donors (Lipinski definition) is 3. The minimum absolute atomic E-state index is 0.240. The zero-order valence-electron chi connectivity index (χ0n) is 14.0. The molecule has 7 nitrogen and oxygen atoms in total. The number of nitrogens with zero attached hydrogens (tertiary/aromatic N) is 3. The highest BCUT2D eigenvalue weighted by molar-refractivity contribution is 5.86. The quantitative estimate of drug-likeness (QED) is 0.564. The molecule has 8 heteroatoms. The molecule has 0 saturated carbocycles. The summed E-state index contributed by atoms with van der Waals surface area (Å²) in [6, 6.07) is 10.2. The molecule has 0 saturated heterocycles. The summed E-state index contributed by atoms with van der Waals surface area (Å²) in [7, 11) is 1.49. The summed E-state index contributed by atoms with van der Waals surface area (Å²) in [5.41, 5.74) is 1.78. The second kappa shape index (κ2) is 8.02. The number of nitrogens with one attached hydrogen (secondary N) is 3. The van der Waals surface area contributed by atoms with Crippen molar-refractivity contribution in [1.82, 2.24) is 15.0 Å². The van der Waals surface area contributed by atoms with Crippen LogP contribution in [0, 0.1) is 11.2 Å². The molecule has 2 heterocycles. The topological polar surface area (TPSA) is 95.8 Å². The average Bonchev–Trinajstić information content (AvgIpc) is 2.67. The van der Waals surface area contributed by atoms with Crippen molar-refractivity contribution in [3.63, 3.8) is 0 Å². The first-order valence-electron chi connectivity index (χ1n) is 7.81. The Bertz CT molecular complexity index is 918. The summed E-state index contributed by atoms with van der Waals surface area (Å²) in [6.07, 6.45) is 4.31. The Balaban J connectivity index is 1.79. The van der Waals surface area contributed by atoms with Gasteiger partial charge < -0.3 is 20.8 Å². The Morgan fingerprint density at radius 1 is 1.19 bits per heavy atom. The molecule has 3 rings (SSSR count). The molecule has 0 radical (unpaired) electrons. The van der Waals surface area contributed by atoms with Gasteiger partial charge in [0.1, 0.15) is 17.5 Å². The zero-order valence-corrected chi connectivity index (χ0v) is 14.0. The van der Waals surface area contributed by atoms with E-state index in [1.165, 1.54) is 19.4 Å². The van der Waals surface area contributed by atoms with Crippen molar-refractivity contribution in [3.05, 3.63) is 65.7 Å². The van der Waals surface area contributed by atoms with Crippen LogP contribution < -0.4 is 15.4 Å². The molecular weight excluding hydrogens is 335 g/mol. The number of pyridine rings is 1. The van der Waals surface area contributed by atoms with Gasteiger partial charge in [-0.15, -0.1) is 0 Å². The average molecular weight is 352 g/mol. The van der Waals surface area contributed by atoms with Crippen LogP contribution >= 0.6 is 0 Å². The van der Waals surface area contributed by atoms with Crippen molar-refractivity contribution in [2.45, 2.75) is 6.54 Å². The summed E-state index contributed by atoms with van der Waals surface area (Å²) in [4.78, 5) is 12.4. The molecule has 0 amide bonds. The van der Waals surface area contributed by atoms with Gasteiger partial charge in [-0.3, -0.25) is 0 Å². The van der Waals surface area contributed by atoms with Crippen molar-refractivity contribution < 1.29 is 9.13 Å². The standard InChI is InChI=1S/C18H17FN6O/c1-26-18-21-7-6-16(25-18)24-17-8-15(13(9-20)11-23-17)22-10-12-4-2-3-5-14(12)19/h2-9,11,20H,10H2,1H3,(H2,21,22,23,24,25). The van der Waals surface area contributed by atoms with Crippen LogP contribution in [0.4, 0.5) is 21.7 Å². The normalized spacial score (nSPS) is 10.2. The van der Waals surface area contributed by atoms with E-state index in [0.29, 0.717) is 28.5 Å². The third-order valence-corrected chi connectivity index (χ3v) is 3.59. The third-order valence-electron chi connectivity index (χ3n) is 3.59. The monoisotopic (exact) mass is 352 g/mol. The number of methoxy groups -OCH3 is 1. The number of benzene rings is 1. The van der Waals surface area contributed by atoms with E-state index in [-0.39, 0.29) is 18.4 Å². The first kappa shape index (κ1) is 17.3. The molecule has 0 fully saturated rings. The molecule has 0 aliphatic rings. The molecule has 0 aliphatic carbocycles. The Hall–Kier alpha value is -3.55. The van der Waals surface area contributed by atoms with Crippen LogP contribution in [-0.4, -0.2) is 28.3 Å². The first-order chi connectivity index (χ1) is 12.7. The van der Waals surface area contributed by atoms with Gasteiger partial charge in [-0.1, -0.05) is 18.2 Å². The van der Waals surface area contributed by atoms with Gasteiger partial charge in [0.15, 0.2) is 0 Å². The highest BCUT2D eigenvalue weighted by atomic mass is 19.1. The number of aromatic nitrogens is 3. The predicted octanol–water partition coefficient (Wildman–Crippen LogP) is 3.37. The molecule has 132 valence electrons. The molecule has 1 aromatic carbocycles. The number of ether oxygens (including phenoxy) is 1. The van der Waals surface area contributed by atoms with E-state index in [9.17, 15) is 4.39 Å². The summed E-state index contributed by atoms with van der Waals surface area (Å²) in [5, 5.41) is 13.7. The lowest BCUT2D eigenvalue weighted by Gasteiger charge is -2.12. The molecule has 3 aromatic rings. The zero-order chi connectivity index (χ0) is 18.4. The van der Waals surface area contributed by atoms with Crippen LogP contribution in [0.5, 0.6) is 6.01 Å². The van der Waals surface area contributed by atoms with Gasteiger partial charge in [0, 0.05) is 48.0 Å². The minimum Gasteiger partial charge on any atom is -0.467 e. The van der Waals surface area contributed by atoms with E-state index < -0.39 is 0 Å². The summed E-state index contributed by atoms with van der Waals surface area (Å²) < 4.78 is 18.8. The predicted molar refractivity (Wildman–Crippen MR) is 97.7 cm³/mol. The first-order valence-corrected chi connectivity index (χ1v) is 7.81. The van der Waals surface area contributed by atoms with Crippen LogP contribution in [-0.2, 0) is 6.54 Å². The fourth-order valence-corrected chi connectivity index (χ4v) is 2.27. The van der Waals surface area contributed by atoms with Gasteiger partial charge >= 0.3 is 6.01 Å². The fraction of sp³-hybridized carbons (Fsp3) is 0.111. The molecule has 0 spiro atoms. The number of rotatable bonds is 7.